The van der Waals surface area contributed by atoms with E-state index in [4.69, 9.17) is 27.9 Å². The van der Waals surface area contributed by atoms with Crippen LogP contribution in [0.5, 0.6) is 5.75 Å². The fourth-order valence-electron chi connectivity index (χ4n) is 6.38. The Morgan fingerprint density at radius 1 is 0.929 bits per heavy atom. The van der Waals surface area contributed by atoms with Crippen LogP contribution in [0.3, 0.4) is 0 Å². The molecule has 6 nitrogen and oxygen atoms in total. The normalized spacial score (nSPS) is 20.0. The van der Waals surface area contributed by atoms with Crippen molar-refractivity contribution in [1.29, 1.82) is 0 Å². The number of nitrogens with zero attached hydrogens (tertiary/aromatic N) is 1. The fraction of sp³-hybridized carbons (Fsp3) is 0.406. The fourth-order valence-corrected chi connectivity index (χ4v) is 8.29. The number of halogens is 4. The van der Waals surface area contributed by atoms with Crippen LogP contribution < -0.4 is 4.74 Å². The molecule has 0 fully saturated rings. The molecule has 0 atom stereocenters. The van der Waals surface area contributed by atoms with Crippen LogP contribution in [-0.2, 0) is 21.0 Å². The van der Waals surface area contributed by atoms with Gasteiger partial charge in [-0.2, -0.15) is 0 Å². The Labute approximate surface area is 272 Å². The first-order chi connectivity index (χ1) is 19.6. The van der Waals surface area contributed by atoms with Gasteiger partial charge in [0, 0.05) is 56.9 Å². The molecule has 3 aliphatic rings. The van der Waals surface area contributed by atoms with E-state index in [1.807, 2.05) is 39.8 Å². The Morgan fingerprint density at radius 2 is 1.45 bits per heavy atom. The highest BCUT2D eigenvalue weighted by atomic mass is 79.9. The van der Waals surface area contributed by atoms with Crippen molar-refractivity contribution in [3.8, 4) is 5.75 Å². The predicted octanol–water partition coefficient (Wildman–Crippen LogP) is 8.87. The minimum absolute atomic E-state index is 0.0595. The second-order valence-electron chi connectivity index (χ2n) is 12.9. The molecule has 0 unspecified atom stereocenters. The molecule has 1 heterocycles. The van der Waals surface area contributed by atoms with Crippen LogP contribution in [0.15, 0.2) is 61.8 Å². The molecule has 2 aliphatic carbocycles. The van der Waals surface area contributed by atoms with Crippen molar-refractivity contribution in [1.82, 2.24) is 4.90 Å². The minimum atomic E-state index is -1.01. The molecule has 0 spiro atoms. The van der Waals surface area contributed by atoms with Crippen molar-refractivity contribution in [2.24, 2.45) is 10.8 Å². The van der Waals surface area contributed by atoms with Gasteiger partial charge in [0.15, 0.2) is 11.6 Å². The molecule has 222 valence electrons. The summed E-state index contributed by atoms with van der Waals surface area (Å²) in [6, 6.07) is 8.98. The van der Waals surface area contributed by atoms with Crippen LogP contribution in [0, 0.1) is 10.8 Å². The van der Waals surface area contributed by atoms with Gasteiger partial charge in [0.1, 0.15) is 18.9 Å². The molecule has 0 radical (unpaired) electrons. The zero-order valence-corrected chi connectivity index (χ0v) is 28.4. The highest BCUT2D eigenvalue weighted by molar-refractivity contribution is 9.11. The number of aliphatic carboxylic acids is 1. The van der Waals surface area contributed by atoms with Crippen LogP contribution in [0.2, 0.25) is 10.0 Å². The lowest BCUT2D eigenvalue weighted by molar-refractivity contribution is -0.138. The zero-order valence-electron chi connectivity index (χ0n) is 23.7. The minimum Gasteiger partial charge on any atom is -0.486 e. The molecule has 10 heteroatoms. The molecule has 1 N–H and O–H groups in total. The van der Waals surface area contributed by atoms with Crippen molar-refractivity contribution in [2.75, 3.05) is 6.54 Å². The van der Waals surface area contributed by atoms with E-state index in [0.29, 0.717) is 73.0 Å². The molecule has 1 aliphatic heterocycles. The van der Waals surface area contributed by atoms with Crippen LogP contribution in [0.4, 0.5) is 0 Å². The molecule has 0 amide bonds. The Kier molecular flexibility index (Phi) is 8.51. The van der Waals surface area contributed by atoms with E-state index in [1.54, 1.807) is 23.1 Å². The number of ether oxygens (including phenoxy) is 1. The molecular weight excluding hydrogens is 709 g/mol. The Bertz CT molecular complexity index is 1520. The molecule has 0 saturated carbocycles. The van der Waals surface area contributed by atoms with E-state index in [1.165, 1.54) is 0 Å². The number of allylic oxidation sites excluding steroid dienone is 4. The summed E-state index contributed by atoms with van der Waals surface area (Å²) in [5, 5.41) is 10.9. The number of carboxylic acids is 1. The zero-order chi connectivity index (χ0) is 30.7. The lowest BCUT2D eigenvalue weighted by atomic mass is 9.63. The van der Waals surface area contributed by atoms with Gasteiger partial charge in [-0.05, 0) is 85.4 Å². The number of carbonyl (C=O) groups is 3. The Hall–Kier alpha value is -2.13. The molecule has 0 bridgehead atoms. The number of hydrogen-bond donors (Lipinski definition) is 1. The number of carbonyl (C=O) groups excluding carboxylic acids is 2. The van der Waals surface area contributed by atoms with Crippen molar-refractivity contribution in [3.05, 3.63) is 83.0 Å². The number of rotatable bonds is 6. The van der Waals surface area contributed by atoms with Gasteiger partial charge in [0.25, 0.3) is 0 Å². The maximum absolute atomic E-state index is 13.9. The Morgan fingerprint density at radius 3 is 1.93 bits per heavy atom. The maximum atomic E-state index is 13.9. The number of carboxylic acid groups (broad SMARTS) is 1. The van der Waals surface area contributed by atoms with Gasteiger partial charge in [-0.25, -0.2) is 0 Å². The summed E-state index contributed by atoms with van der Waals surface area (Å²) >= 11 is 19.7. The Balaban J connectivity index is 1.64. The molecule has 2 aromatic rings. The summed E-state index contributed by atoms with van der Waals surface area (Å²) in [5.74, 6) is -1.19. The van der Waals surface area contributed by atoms with Crippen LogP contribution >= 0.6 is 55.1 Å². The van der Waals surface area contributed by atoms with Gasteiger partial charge in [0.2, 0.25) is 0 Å². The summed E-state index contributed by atoms with van der Waals surface area (Å²) < 4.78 is 7.42. The van der Waals surface area contributed by atoms with Crippen LogP contribution in [-0.4, -0.2) is 34.1 Å². The molecule has 42 heavy (non-hydrogen) atoms. The summed E-state index contributed by atoms with van der Waals surface area (Å²) in [5.41, 5.74) is 3.28. The van der Waals surface area contributed by atoms with Crippen LogP contribution in [0.25, 0.3) is 0 Å². The number of Topliss-reactive ketones (excluding diaryl/α,β-unsaturated/α-hetero) is 2. The monoisotopic (exact) mass is 737 g/mol. The second-order valence-corrected chi connectivity index (χ2v) is 15.4. The van der Waals surface area contributed by atoms with E-state index in [-0.39, 0.29) is 35.5 Å². The third-order valence-electron chi connectivity index (χ3n) is 8.06. The van der Waals surface area contributed by atoms with Gasteiger partial charge in [-0.3, -0.25) is 14.4 Å². The van der Waals surface area contributed by atoms with E-state index in [0.717, 1.165) is 11.1 Å². The first-order valence-electron chi connectivity index (χ1n) is 13.6. The third kappa shape index (κ3) is 6.10. The summed E-state index contributed by atoms with van der Waals surface area (Å²) in [4.78, 5) is 41.6. The lowest BCUT2D eigenvalue weighted by Crippen LogP contribution is -2.45. The molecule has 5 rings (SSSR count). The number of hydrogen-bond acceptors (Lipinski definition) is 5. The largest absolute Gasteiger partial charge is 0.486 e. The first kappa shape index (κ1) is 31.3. The smallest absolute Gasteiger partial charge is 0.323 e. The highest BCUT2D eigenvalue weighted by Crippen LogP contribution is 2.55. The standard InChI is InChI=1S/C32H31Br2Cl2NO5/c1-31(2)10-22-28(24(38)12-31)27(29-23(37(22)14-26(40)41)11-32(3,4)13-25(29)39)17-7-19(33)30(20(34)8-17)42-15-16-5-6-18(35)9-21(16)36/h5-9,27H,10-15H2,1-4H3,(H,40,41). The lowest BCUT2D eigenvalue weighted by Gasteiger charge is -2.48. The van der Waals surface area contributed by atoms with Crippen molar-refractivity contribution >= 4 is 72.6 Å². The molecule has 0 aromatic heterocycles. The number of ketones is 2. The quantitative estimate of drug-likeness (QED) is 0.319. The van der Waals surface area contributed by atoms with E-state index >= 15 is 0 Å². The molecular formula is C32H31Br2Cl2NO5. The first-order valence-corrected chi connectivity index (χ1v) is 16.0. The number of benzene rings is 2. The van der Waals surface area contributed by atoms with Crippen LogP contribution in [0.1, 0.15) is 70.4 Å². The summed E-state index contributed by atoms with van der Waals surface area (Å²) in [6.07, 6.45) is 1.71. The maximum Gasteiger partial charge on any atom is 0.323 e. The average molecular weight is 740 g/mol. The third-order valence-corrected chi connectivity index (χ3v) is 9.82. The predicted molar refractivity (Wildman–Crippen MR) is 170 cm³/mol. The van der Waals surface area contributed by atoms with E-state index in [2.05, 4.69) is 31.9 Å². The van der Waals surface area contributed by atoms with E-state index in [9.17, 15) is 19.5 Å². The van der Waals surface area contributed by atoms with Crippen molar-refractivity contribution < 1.29 is 24.2 Å². The summed E-state index contributed by atoms with van der Waals surface area (Å²) in [7, 11) is 0. The molecule has 2 aromatic carbocycles. The van der Waals surface area contributed by atoms with Gasteiger partial charge in [0.05, 0.1) is 8.95 Å². The van der Waals surface area contributed by atoms with Gasteiger partial charge in [-0.1, -0.05) is 57.0 Å². The molecule has 0 saturated heterocycles. The van der Waals surface area contributed by atoms with Gasteiger partial charge >= 0.3 is 5.97 Å². The average Bonchev–Trinajstić information content (AvgIpc) is 2.83. The van der Waals surface area contributed by atoms with E-state index < -0.39 is 11.9 Å². The highest BCUT2D eigenvalue weighted by Gasteiger charge is 2.49. The van der Waals surface area contributed by atoms with Gasteiger partial charge < -0.3 is 14.7 Å². The van der Waals surface area contributed by atoms with Crippen molar-refractivity contribution in [2.45, 2.75) is 65.9 Å². The summed E-state index contributed by atoms with van der Waals surface area (Å²) in [6.45, 7) is 7.99. The second kappa shape index (κ2) is 11.4. The van der Waals surface area contributed by atoms with Crippen molar-refractivity contribution in [3.63, 3.8) is 0 Å². The van der Waals surface area contributed by atoms with Gasteiger partial charge in [-0.15, -0.1) is 0 Å². The SMILES string of the molecule is CC1(C)CC(=O)C2=C(C1)N(CC(=O)O)C1=C(C(=O)CC(C)(C)C1)C2c1cc(Br)c(OCc2ccc(Cl)cc2Cl)c(Br)c1. The topological polar surface area (TPSA) is 83.9 Å².